The first-order valence-electron chi connectivity index (χ1n) is 6.61. The van der Waals surface area contributed by atoms with Crippen LogP contribution in [0.15, 0.2) is 18.2 Å². The van der Waals surface area contributed by atoms with Crippen LogP contribution in [0, 0.1) is 20.8 Å². The Hall–Kier alpha value is -1.90. The van der Waals surface area contributed by atoms with Crippen molar-refractivity contribution in [3.8, 4) is 11.4 Å². The third kappa shape index (κ3) is 2.75. The number of nitrogens with zero attached hydrogens (tertiary/aromatic N) is 2. The minimum absolute atomic E-state index is 0.341. The second-order valence-corrected chi connectivity index (χ2v) is 5.46. The largest absolute Gasteiger partial charge is 0.383 e. The van der Waals surface area contributed by atoms with Gasteiger partial charge in [0, 0.05) is 16.8 Å². The van der Waals surface area contributed by atoms with Crippen molar-refractivity contribution < 1.29 is 0 Å². The van der Waals surface area contributed by atoms with E-state index in [2.05, 4.69) is 55.9 Å². The molecule has 2 rings (SSSR count). The Morgan fingerprint density at radius 3 is 2.00 bits per heavy atom. The van der Waals surface area contributed by atoms with E-state index in [1.807, 2.05) is 6.92 Å². The fourth-order valence-corrected chi connectivity index (χ4v) is 2.55. The van der Waals surface area contributed by atoms with Gasteiger partial charge in [0.15, 0.2) is 5.82 Å². The van der Waals surface area contributed by atoms with Crippen molar-refractivity contribution in [2.45, 2.75) is 40.5 Å². The molecule has 0 aliphatic heterocycles. The van der Waals surface area contributed by atoms with Crippen LogP contribution in [0.3, 0.4) is 0 Å². The Balaban J connectivity index is 2.58. The molecule has 3 nitrogen and oxygen atoms in total. The molecule has 2 N–H and O–H groups in total. The third-order valence-electron chi connectivity index (χ3n) is 3.22. The Kier molecular flexibility index (Phi) is 3.56. The molecule has 1 heterocycles. The number of anilines is 1. The van der Waals surface area contributed by atoms with Crippen LogP contribution in [0.25, 0.3) is 11.4 Å². The number of aromatic nitrogens is 2. The van der Waals surface area contributed by atoms with Gasteiger partial charge in [-0.05, 0) is 38.8 Å². The zero-order valence-corrected chi connectivity index (χ0v) is 12.3. The van der Waals surface area contributed by atoms with Gasteiger partial charge in [-0.25, -0.2) is 9.97 Å². The Morgan fingerprint density at radius 2 is 1.53 bits per heavy atom. The smallest absolute Gasteiger partial charge is 0.161 e. The number of nitrogen functional groups attached to an aromatic ring is 1. The lowest BCUT2D eigenvalue weighted by molar-refractivity contribution is 0.836. The molecule has 19 heavy (non-hydrogen) atoms. The van der Waals surface area contributed by atoms with Crippen LogP contribution in [0.4, 0.5) is 5.82 Å². The Bertz CT molecular complexity index is 572. The Labute approximate surface area is 114 Å². The highest BCUT2D eigenvalue weighted by molar-refractivity contribution is 5.61. The lowest BCUT2D eigenvalue weighted by Crippen LogP contribution is -2.06. The monoisotopic (exact) mass is 255 g/mol. The SMILES string of the molecule is Cc1cc(C)cc(-c2nc(C)c(C(C)C)c(N)n2)c1. The quantitative estimate of drug-likeness (QED) is 0.888. The number of aryl methyl sites for hydroxylation is 3. The van der Waals surface area contributed by atoms with Gasteiger partial charge in [-0.1, -0.05) is 31.0 Å². The molecule has 0 bridgehead atoms. The van der Waals surface area contributed by atoms with Crippen LogP contribution >= 0.6 is 0 Å². The second kappa shape index (κ2) is 5.00. The van der Waals surface area contributed by atoms with Gasteiger partial charge in [0.05, 0.1) is 0 Å². The Morgan fingerprint density at radius 1 is 0.947 bits per heavy atom. The van der Waals surface area contributed by atoms with E-state index in [1.165, 1.54) is 11.1 Å². The molecule has 2 aromatic rings. The standard InChI is InChI=1S/C16H21N3/c1-9(2)14-12(5)18-16(19-15(14)17)13-7-10(3)6-11(4)8-13/h6-9H,1-5H3,(H2,17,18,19). The predicted molar refractivity (Wildman–Crippen MR) is 80.2 cm³/mol. The van der Waals surface area contributed by atoms with Crippen molar-refractivity contribution >= 4 is 5.82 Å². The van der Waals surface area contributed by atoms with E-state index in [0.717, 1.165) is 16.8 Å². The molecule has 0 unspecified atom stereocenters. The van der Waals surface area contributed by atoms with Crippen LogP contribution in [-0.2, 0) is 0 Å². The fourth-order valence-electron chi connectivity index (χ4n) is 2.55. The highest BCUT2D eigenvalue weighted by Gasteiger charge is 2.13. The average molecular weight is 255 g/mol. The van der Waals surface area contributed by atoms with Crippen molar-refractivity contribution in [1.29, 1.82) is 0 Å². The topological polar surface area (TPSA) is 51.8 Å². The summed E-state index contributed by atoms with van der Waals surface area (Å²) in [5, 5.41) is 0. The first kappa shape index (κ1) is 13.5. The molecule has 0 aliphatic carbocycles. The molecule has 0 radical (unpaired) electrons. The molecule has 0 saturated carbocycles. The van der Waals surface area contributed by atoms with E-state index in [4.69, 9.17) is 5.73 Å². The van der Waals surface area contributed by atoms with Gasteiger partial charge in [-0.2, -0.15) is 0 Å². The van der Waals surface area contributed by atoms with Crippen molar-refractivity contribution in [1.82, 2.24) is 9.97 Å². The molecule has 0 saturated heterocycles. The maximum Gasteiger partial charge on any atom is 0.161 e. The molecular formula is C16H21N3. The van der Waals surface area contributed by atoms with E-state index in [0.29, 0.717) is 17.6 Å². The van der Waals surface area contributed by atoms with E-state index in [9.17, 15) is 0 Å². The summed E-state index contributed by atoms with van der Waals surface area (Å²) in [6, 6.07) is 6.33. The van der Waals surface area contributed by atoms with Crippen LogP contribution in [0.2, 0.25) is 0 Å². The fraction of sp³-hybridized carbons (Fsp3) is 0.375. The molecule has 1 aromatic carbocycles. The van der Waals surface area contributed by atoms with Crippen LogP contribution < -0.4 is 5.73 Å². The molecule has 100 valence electrons. The maximum atomic E-state index is 6.09. The van der Waals surface area contributed by atoms with Crippen molar-refractivity contribution in [3.63, 3.8) is 0 Å². The van der Waals surface area contributed by atoms with Crippen molar-refractivity contribution in [2.24, 2.45) is 0 Å². The van der Waals surface area contributed by atoms with Gasteiger partial charge >= 0.3 is 0 Å². The minimum atomic E-state index is 0.341. The lowest BCUT2D eigenvalue weighted by Gasteiger charge is -2.13. The van der Waals surface area contributed by atoms with Gasteiger partial charge in [0.1, 0.15) is 5.82 Å². The predicted octanol–water partition coefficient (Wildman–Crippen LogP) is 3.77. The summed E-state index contributed by atoms with van der Waals surface area (Å²) >= 11 is 0. The van der Waals surface area contributed by atoms with Gasteiger partial charge in [-0.3, -0.25) is 0 Å². The molecule has 0 amide bonds. The summed E-state index contributed by atoms with van der Waals surface area (Å²) in [7, 11) is 0. The van der Waals surface area contributed by atoms with Crippen molar-refractivity contribution in [3.05, 3.63) is 40.6 Å². The van der Waals surface area contributed by atoms with Gasteiger partial charge in [0.2, 0.25) is 0 Å². The molecule has 0 aliphatic rings. The third-order valence-corrected chi connectivity index (χ3v) is 3.22. The molecule has 1 aromatic heterocycles. The molecular weight excluding hydrogens is 234 g/mol. The average Bonchev–Trinajstić information content (AvgIpc) is 2.25. The number of hydrogen-bond acceptors (Lipinski definition) is 3. The summed E-state index contributed by atoms with van der Waals surface area (Å²) in [5.41, 5.74) is 11.6. The summed E-state index contributed by atoms with van der Waals surface area (Å²) in [5.74, 6) is 1.65. The molecule has 0 atom stereocenters. The lowest BCUT2D eigenvalue weighted by atomic mass is 10.0. The zero-order chi connectivity index (χ0) is 14.2. The first-order chi connectivity index (χ1) is 8.88. The second-order valence-electron chi connectivity index (χ2n) is 5.46. The summed E-state index contributed by atoms with van der Waals surface area (Å²) in [6.07, 6.45) is 0. The molecule has 0 fully saturated rings. The van der Waals surface area contributed by atoms with Gasteiger partial charge in [-0.15, -0.1) is 0 Å². The van der Waals surface area contributed by atoms with Crippen LogP contribution in [-0.4, -0.2) is 9.97 Å². The molecule has 0 spiro atoms. The summed E-state index contributed by atoms with van der Waals surface area (Å²) in [4.78, 5) is 9.09. The summed E-state index contributed by atoms with van der Waals surface area (Å²) in [6.45, 7) is 10.4. The van der Waals surface area contributed by atoms with E-state index < -0.39 is 0 Å². The highest BCUT2D eigenvalue weighted by Crippen LogP contribution is 2.26. The minimum Gasteiger partial charge on any atom is -0.383 e. The normalized spacial score (nSPS) is 11.1. The maximum absolute atomic E-state index is 6.09. The van der Waals surface area contributed by atoms with E-state index >= 15 is 0 Å². The van der Waals surface area contributed by atoms with Gasteiger partial charge < -0.3 is 5.73 Å². The number of hydrogen-bond donors (Lipinski definition) is 1. The van der Waals surface area contributed by atoms with Crippen LogP contribution in [0.1, 0.15) is 42.1 Å². The number of rotatable bonds is 2. The molecule has 3 heteroatoms. The summed E-state index contributed by atoms with van der Waals surface area (Å²) < 4.78 is 0. The first-order valence-corrected chi connectivity index (χ1v) is 6.61. The highest BCUT2D eigenvalue weighted by atomic mass is 15.0. The number of nitrogens with two attached hydrogens (primary N) is 1. The zero-order valence-electron chi connectivity index (χ0n) is 12.3. The van der Waals surface area contributed by atoms with Gasteiger partial charge in [0.25, 0.3) is 0 Å². The van der Waals surface area contributed by atoms with Crippen molar-refractivity contribution in [2.75, 3.05) is 5.73 Å². The van der Waals surface area contributed by atoms with E-state index in [1.54, 1.807) is 0 Å². The van der Waals surface area contributed by atoms with E-state index in [-0.39, 0.29) is 0 Å². The van der Waals surface area contributed by atoms with Crippen LogP contribution in [0.5, 0.6) is 0 Å². The number of benzene rings is 1.